The molecule has 6 rings (SSSR count). The van der Waals surface area contributed by atoms with Gasteiger partial charge in [-0.25, -0.2) is 0 Å². The predicted octanol–water partition coefficient (Wildman–Crippen LogP) is 3.16. The normalized spacial score (nSPS) is 22.7. The molecule has 36 heavy (non-hydrogen) atoms. The molecule has 7 heteroatoms. The van der Waals surface area contributed by atoms with Crippen LogP contribution in [0.1, 0.15) is 35.7 Å². The van der Waals surface area contributed by atoms with Crippen LogP contribution in [0.4, 0.5) is 0 Å². The number of aromatic nitrogens is 1. The van der Waals surface area contributed by atoms with Crippen LogP contribution in [0, 0.1) is 0 Å². The fraction of sp³-hybridized carbons (Fsp3) is 0.448. The number of rotatable bonds is 7. The Morgan fingerprint density at radius 3 is 2.56 bits per heavy atom. The third-order valence-corrected chi connectivity index (χ3v) is 8.02. The third-order valence-electron chi connectivity index (χ3n) is 8.02. The molecule has 0 saturated carbocycles. The molecule has 0 bridgehead atoms. The maximum atomic E-state index is 13.8. The van der Waals surface area contributed by atoms with Crippen LogP contribution in [0.5, 0.6) is 0 Å². The van der Waals surface area contributed by atoms with Gasteiger partial charge in [-0.3, -0.25) is 14.5 Å². The molecule has 3 aromatic rings. The Kier molecular flexibility index (Phi) is 6.50. The van der Waals surface area contributed by atoms with Gasteiger partial charge in [0.25, 0.3) is 0 Å². The average molecular weight is 487 g/mol. The average Bonchev–Trinajstić information content (AvgIpc) is 3.29. The monoisotopic (exact) mass is 486 g/mol. The molecule has 1 unspecified atom stereocenters. The molecule has 0 spiro atoms. The van der Waals surface area contributed by atoms with Crippen molar-refractivity contribution in [1.29, 1.82) is 0 Å². The lowest BCUT2D eigenvalue weighted by atomic mass is 9.86. The van der Waals surface area contributed by atoms with Crippen molar-refractivity contribution in [2.45, 2.75) is 37.8 Å². The molecule has 0 aliphatic carbocycles. The third kappa shape index (κ3) is 4.42. The topological polar surface area (TPSA) is 68.9 Å². The molecular formula is C29H34N4O3. The number of amides is 2. The van der Waals surface area contributed by atoms with Crippen LogP contribution in [0.3, 0.4) is 0 Å². The molecule has 4 heterocycles. The van der Waals surface area contributed by atoms with Gasteiger partial charge in [0, 0.05) is 49.2 Å². The molecule has 1 N–H and O–H groups in total. The predicted molar refractivity (Wildman–Crippen MR) is 139 cm³/mol. The summed E-state index contributed by atoms with van der Waals surface area (Å²) in [6, 6.07) is 18.1. The Bertz CT molecular complexity index is 1230. The number of hydrogen-bond donors (Lipinski definition) is 1. The van der Waals surface area contributed by atoms with Crippen LogP contribution in [-0.2, 0) is 27.2 Å². The number of nitrogens with one attached hydrogen (secondary N) is 1. The summed E-state index contributed by atoms with van der Waals surface area (Å²) in [5.74, 6) is 0.158. The number of para-hydroxylation sites is 1. The van der Waals surface area contributed by atoms with Crippen molar-refractivity contribution in [3.05, 3.63) is 71.4 Å². The first kappa shape index (κ1) is 23.3. The van der Waals surface area contributed by atoms with Crippen LogP contribution < -0.4 is 0 Å². The maximum Gasteiger partial charge on any atom is 0.246 e. The standard InChI is InChI=1S/C29H34N4O3/c34-27-20-32(14-6-13-31-15-17-36-18-16-31)29(35)26-19-23-22-9-4-5-10-24(22)30-28(23)25(33(26)27)12-11-21-7-2-1-3-8-21/h1-5,7-10,25-26,30H,6,11-20H2/t25?,26-/m1/s1. The van der Waals surface area contributed by atoms with Crippen molar-refractivity contribution in [1.82, 2.24) is 19.7 Å². The second-order valence-electron chi connectivity index (χ2n) is 10.2. The smallest absolute Gasteiger partial charge is 0.246 e. The highest BCUT2D eigenvalue weighted by molar-refractivity contribution is 5.97. The van der Waals surface area contributed by atoms with Gasteiger partial charge < -0.3 is 19.5 Å². The summed E-state index contributed by atoms with van der Waals surface area (Å²) >= 11 is 0. The van der Waals surface area contributed by atoms with Crippen molar-refractivity contribution in [3.63, 3.8) is 0 Å². The van der Waals surface area contributed by atoms with Crippen LogP contribution in [0.15, 0.2) is 54.6 Å². The molecule has 3 aliphatic heterocycles. The van der Waals surface area contributed by atoms with Gasteiger partial charge >= 0.3 is 0 Å². The second kappa shape index (κ2) is 10.1. The van der Waals surface area contributed by atoms with Gasteiger partial charge in [-0.1, -0.05) is 48.5 Å². The second-order valence-corrected chi connectivity index (χ2v) is 10.2. The molecule has 2 amide bonds. The Morgan fingerprint density at radius 2 is 1.72 bits per heavy atom. The van der Waals surface area contributed by atoms with Crippen molar-refractivity contribution in [2.75, 3.05) is 45.9 Å². The van der Waals surface area contributed by atoms with E-state index in [-0.39, 0.29) is 24.4 Å². The Morgan fingerprint density at radius 1 is 0.944 bits per heavy atom. The zero-order valence-electron chi connectivity index (χ0n) is 20.7. The van der Waals surface area contributed by atoms with E-state index in [0.717, 1.165) is 63.3 Å². The van der Waals surface area contributed by atoms with E-state index in [1.165, 1.54) is 16.5 Å². The fourth-order valence-electron chi connectivity index (χ4n) is 6.19. The Hall–Kier alpha value is -3.16. The molecule has 2 saturated heterocycles. The molecule has 1 aromatic heterocycles. The highest BCUT2D eigenvalue weighted by Gasteiger charge is 2.47. The number of ether oxygens (including phenoxy) is 1. The quantitative estimate of drug-likeness (QED) is 0.557. The van der Waals surface area contributed by atoms with E-state index in [9.17, 15) is 9.59 Å². The van der Waals surface area contributed by atoms with Crippen molar-refractivity contribution in [3.8, 4) is 0 Å². The number of benzene rings is 2. The van der Waals surface area contributed by atoms with Crippen molar-refractivity contribution < 1.29 is 14.3 Å². The number of aryl methyl sites for hydroxylation is 1. The van der Waals surface area contributed by atoms with Crippen LogP contribution in [0.25, 0.3) is 10.9 Å². The summed E-state index contributed by atoms with van der Waals surface area (Å²) in [4.78, 5) is 37.1. The first-order valence-electron chi connectivity index (χ1n) is 13.2. The zero-order valence-corrected chi connectivity index (χ0v) is 20.7. The lowest BCUT2D eigenvalue weighted by Gasteiger charge is -2.47. The molecule has 2 atom stereocenters. The molecule has 7 nitrogen and oxygen atoms in total. The van der Waals surface area contributed by atoms with Crippen molar-refractivity contribution >= 4 is 22.7 Å². The van der Waals surface area contributed by atoms with E-state index in [1.54, 1.807) is 4.90 Å². The van der Waals surface area contributed by atoms with Gasteiger partial charge in [0.05, 0.1) is 25.8 Å². The Balaban J connectivity index is 1.25. The van der Waals surface area contributed by atoms with Gasteiger partial charge in [0.15, 0.2) is 0 Å². The van der Waals surface area contributed by atoms with E-state index in [0.29, 0.717) is 13.0 Å². The number of H-pyrrole nitrogens is 1. The maximum absolute atomic E-state index is 13.8. The molecule has 188 valence electrons. The van der Waals surface area contributed by atoms with Crippen LogP contribution in [-0.4, -0.2) is 83.5 Å². The molecule has 3 aliphatic rings. The van der Waals surface area contributed by atoms with Crippen molar-refractivity contribution in [2.24, 2.45) is 0 Å². The largest absolute Gasteiger partial charge is 0.379 e. The number of hydrogen-bond acceptors (Lipinski definition) is 4. The lowest BCUT2D eigenvalue weighted by Crippen LogP contribution is -2.63. The van der Waals surface area contributed by atoms with E-state index >= 15 is 0 Å². The molecule has 0 radical (unpaired) electrons. The number of morpholine rings is 1. The summed E-state index contributed by atoms with van der Waals surface area (Å²) in [5, 5.41) is 1.17. The molecule has 2 aromatic carbocycles. The van der Waals surface area contributed by atoms with E-state index in [4.69, 9.17) is 4.74 Å². The van der Waals surface area contributed by atoms with Gasteiger partial charge in [0.2, 0.25) is 11.8 Å². The van der Waals surface area contributed by atoms with E-state index in [2.05, 4.69) is 46.3 Å². The highest BCUT2D eigenvalue weighted by atomic mass is 16.5. The molecule has 2 fully saturated rings. The first-order chi connectivity index (χ1) is 17.7. The van der Waals surface area contributed by atoms with Gasteiger partial charge in [-0.05, 0) is 36.5 Å². The minimum atomic E-state index is -0.429. The Labute approximate surface area is 212 Å². The molecular weight excluding hydrogens is 452 g/mol. The highest BCUT2D eigenvalue weighted by Crippen LogP contribution is 2.41. The first-order valence-corrected chi connectivity index (χ1v) is 13.2. The summed E-state index contributed by atoms with van der Waals surface area (Å²) < 4.78 is 5.44. The van der Waals surface area contributed by atoms with Crippen LogP contribution >= 0.6 is 0 Å². The summed E-state index contributed by atoms with van der Waals surface area (Å²) in [6.45, 7) is 5.16. The van der Waals surface area contributed by atoms with Gasteiger partial charge in [-0.15, -0.1) is 0 Å². The number of carbonyl (C=O) groups is 2. The van der Waals surface area contributed by atoms with Gasteiger partial charge in [0.1, 0.15) is 6.04 Å². The minimum Gasteiger partial charge on any atom is -0.379 e. The fourth-order valence-corrected chi connectivity index (χ4v) is 6.19. The summed E-state index contributed by atoms with van der Waals surface area (Å²) in [5.41, 5.74) is 4.62. The van der Waals surface area contributed by atoms with Crippen LogP contribution in [0.2, 0.25) is 0 Å². The van der Waals surface area contributed by atoms with E-state index in [1.807, 2.05) is 23.1 Å². The van der Waals surface area contributed by atoms with E-state index < -0.39 is 6.04 Å². The number of nitrogens with zero attached hydrogens (tertiary/aromatic N) is 3. The summed E-state index contributed by atoms with van der Waals surface area (Å²) in [7, 11) is 0. The SMILES string of the molecule is O=C1[C@H]2Cc3c([nH]c4ccccc34)C(CCc3ccccc3)N2C(=O)CN1CCCN1CCOCC1. The zero-order chi connectivity index (χ0) is 24.5. The lowest BCUT2D eigenvalue weighted by molar-refractivity contribution is -0.160. The number of fused-ring (bicyclic) bond motifs is 4. The number of carbonyl (C=O) groups excluding carboxylic acids is 2. The number of piperazine rings is 1. The number of aromatic amines is 1. The van der Waals surface area contributed by atoms with Gasteiger partial charge in [-0.2, -0.15) is 0 Å². The minimum absolute atomic E-state index is 0.0633. The summed E-state index contributed by atoms with van der Waals surface area (Å²) in [6.07, 6.45) is 3.10.